The molecule has 250 valence electrons. The zero-order valence-corrected chi connectivity index (χ0v) is 29.9. The van der Waals surface area contributed by atoms with E-state index in [4.69, 9.17) is 4.42 Å². The van der Waals surface area contributed by atoms with Gasteiger partial charge in [0, 0.05) is 44.4 Å². The molecular weight excluding hydrogens is 631 g/mol. The summed E-state index contributed by atoms with van der Waals surface area (Å²) in [6.45, 7) is 9.32. The Labute approximate surface area is 305 Å². The van der Waals surface area contributed by atoms with Gasteiger partial charge >= 0.3 is 0 Å². The van der Waals surface area contributed by atoms with Crippen LogP contribution in [0.5, 0.6) is 0 Å². The molecule has 0 amide bonds. The highest BCUT2D eigenvalue weighted by molar-refractivity contribution is 5.99. The summed E-state index contributed by atoms with van der Waals surface area (Å²) >= 11 is 0. The van der Waals surface area contributed by atoms with Gasteiger partial charge in [0.25, 0.3) is 0 Å². The minimum Gasteiger partial charge on any atom is -0.456 e. The zero-order chi connectivity index (χ0) is 35.2. The second kappa shape index (κ2) is 11.2. The number of hydrogen-bond acceptors (Lipinski definition) is 2. The standard InChI is InChI=1S/C50H39NO/c1-49(2)42-18-10-8-15-39(42)40-30-29-37(31-44(40)49)51(35-13-6-5-7-14-35)36-27-25-33(26-28-36)32-21-23-34(24-22-32)38-17-12-19-43-46(38)48-47(50(43,3)4)41-16-9-11-20-45(41)52-48/h5-31H,1-4H3. The summed E-state index contributed by atoms with van der Waals surface area (Å²) in [7, 11) is 0. The first-order chi connectivity index (χ1) is 25.3. The van der Waals surface area contributed by atoms with E-state index < -0.39 is 0 Å². The van der Waals surface area contributed by atoms with Gasteiger partial charge in [-0.05, 0) is 92.5 Å². The number of rotatable bonds is 5. The molecule has 0 spiro atoms. The van der Waals surface area contributed by atoms with Gasteiger partial charge < -0.3 is 9.32 Å². The fraction of sp³-hybridized carbons (Fsp3) is 0.120. The summed E-state index contributed by atoms with van der Waals surface area (Å²) in [6.07, 6.45) is 0. The monoisotopic (exact) mass is 669 g/mol. The second-order valence-electron chi connectivity index (χ2n) is 15.4. The molecule has 0 bridgehead atoms. The van der Waals surface area contributed by atoms with Crippen molar-refractivity contribution in [1.29, 1.82) is 0 Å². The second-order valence-corrected chi connectivity index (χ2v) is 15.4. The van der Waals surface area contributed by atoms with Gasteiger partial charge in [0.1, 0.15) is 11.3 Å². The Morgan fingerprint density at radius 2 is 1.00 bits per heavy atom. The first-order valence-corrected chi connectivity index (χ1v) is 18.3. The lowest BCUT2D eigenvalue weighted by Gasteiger charge is -2.28. The van der Waals surface area contributed by atoms with Gasteiger partial charge in [0.15, 0.2) is 0 Å². The van der Waals surface area contributed by atoms with Crippen molar-refractivity contribution in [3.63, 3.8) is 0 Å². The highest BCUT2D eigenvalue weighted by atomic mass is 16.3. The van der Waals surface area contributed by atoms with Crippen LogP contribution in [0.25, 0.3) is 55.7 Å². The highest BCUT2D eigenvalue weighted by Crippen LogP contribution is 2.56. The molecule has 0 aliphatic heterocycles. The molecule has 2 aliphatic carbocycles. The van der Waals surface area contributed by atoms with Crippen molar-refractivity contribution in [2.45, 2.75) is 38.5 Å². The maximum atomic E-state index is 6.56. The molecule has 8 aromatic rings. The third kappa shape index (κ3) is 4.43. The number of para-hydroxylation sites is 2. The Bertz CT molecular complexity index is 2660. The lowest BCUT2D eigenvalue weighted by Crippen LogP contribution is -2.16. The zero-order valence-electron chi connectivity index (χ0n) is 29.9. The molecule has 52 heavy (non-hydrogen) atoms. The van der Waals surface area contributed by atoms with Crippen LogP contribution in [-0.2, 0) is 10.8 Å². The first kappa shape index (κ1) is 30.7. The van der Waals surface area contributed by atoms with E-state index in [1.807, 2.05) is 0 Å². The molecule has 0 unspecified atom stereocenters. The van der Waals surface area contributed by atoms with Crippen LogP contribution in [0.4, 0.5) is 17.1 Å². The smallest absolute Gasteiger partial charge is 0.140 e. The van der Waals surface area contributed by atoms with E-state index >= 15 is 0 Å². The molecule has 2 heteroatoms. The van der Waals surface area contributed by atoms with Crippen molar-refractivity contribution in [2.24, 2.45) is 0 Å². The Hall–Kier alpha value is -6.12. The normalized spacial score (nSPS) is 14.5. The molecule has 0 saturated heterocycles. The van der Waals surface area contributed by atoms with Gasteiger partial charge in [-0.2, -0.15) is 0 Å². The van der Waals surface area contributed by atoms with E-state index in [9.17, 15) is 0 Å². The summed E-state index contributed by atoms with van der Waals surface area (Å²) in [6, 6.07) is 59.6. The molecule has 10 rings (SSSR count). The maximum absolute atomic E-state index is 6.56. The number of fused-ring (bicyclic) bond motifs is 8. The SMILES string of the molecule is CC1(C)c2ccccc2-c2ccc(N(c3ccccc3)c3ccc(-c4ccc(-c5cccc6c5-c5oc7ccccc7c5C6(C)C)cc4)cc3)cc21. The third-order valence-corrected chi connectivity index (χ3v) is 11.7. The van der Waals surface area contributed by atoms with Gasteiger partial charge in [-0.3, -0.25) is 0 Å². The van der Waals surface area contributed by atoms with E-state index in [0.717, 1.165) is 28.4 Å². The highest BCUT2D eigenvalue weighted by Gasteiger charge is 2.41. The van der Waals surface area contributed by atoms with Crippen molar-refractivity contribution in [2.75, 3.05) is 4.90 Å². The average Bonchev–Trinajstić information content (AvgIpc) is 3.76. The lowest BCUT2D eigenvalue weighted by molar-refractivity contribution is 0.619. The topological polar surface area (TPSA) is 16.4 Å². The van der Waals surface area contributed by atoms with Crippen molar-refractivity contribution in [1.82, 2.24) is 0 Å². The number of furan rings is 1. The van der Waals surface area contributed by atoms with Crippen LogP contribution in [0.1, 0.15) is 49.9 Å². The number of anilines is 3. The fourth-order valence-corrected chi connectivity index (χ4v) is 9.04. The average molecular weight is 670 g/mol. The van der Waals surface area contributed by atoms with Crippen LogP contribution in [0.3, 0.4) is 0 Å². The van der Waals surface area contributed by atoms with Crippen LogP contribution in [0, 0.1) is 0 Å². The largest absolute Gasteiger partial charge is 0.456 e. The summed E-state index contributed by atoms with van der Waals surface area (Å²) < 4.78 is 6.56. The van der Waals surface area contributed by atoms with Crippen LogP contribution in [0.15, 0.2) is 168 Å². The quantitative estimate of drug-likeness (QED) is 0.181. The molecule has 1 aromatic heterocycles. The van der Waals surface area contributed by atoms with Crippen molar-refractivity contribution >= 4 is 28.0 Å². The number of nitrogens with zero attached hydrogens (tertiary/aromatic N) is 1. The van der Waals surface area contributed by atoms with Crippen molar-refractivity contribution in [3.8, 4) is 44.7 Å². The van der Waals surface area contributed by atoms with E-state index in [0.29, 0.717) is 0 Å². The minimum absolute atomic E-state index is 0.0648. The summed E-state index contributed by atoms with van der Waals surface area (Å²) in [4.78, 5) is 2.37. The number of benzene rings is 7. The van der Waals surface area contributed by atoms with Crippen LogP contribution < -0.4 is 4.90 Å². The summed E-state index contributed by atoms with van der Waals surface area (Å²) in [5.41, 5.74) is 18.2. The Balaban J connectivity index is 0.996. The van der Waals surface area contributed by atoms with Gasteiger partial charge in [-0.25, -0.2) is 0 Å². The summed E-state index contributed by atoms with van der Waals surface area (Å²) in [5, 5.41) is 1.21. The molecular formula is C50H39NO. The van der Waals surface area contributed by atoms with E-state index in [2.05, 4.69) is 196 Å². The van der Waals surface area contributed by atoms with Crippen LogP contribution in [0.2, 0.25) is 0 Å². The maximum Gasteiger partial charge on any atom is 0.140 e. The fourth-order valence-electron chi connectivity index (χ4n) is 9.04. The summed E-state index contributed by atoms with van der Waals surface area (Å²) in [5.74, 6) is 1.01. The third-order valence-electron chi connectivity index (χ3n) is 11.7. The van der Waals surface area contributed by atoms with Gasteiger partial charge in [-0.1, -0.05) is 149 Å². The molecule has 0 atom stereocenters. The van der Waals surface area contributed by atoms with Gasteiger partial charge in [-0.15, -0.1) is 0 Å². The molecule has 2 aliphatic rings. The molecule has 0 fully saturated rings. The first-order valence-electron chi connectivity index (χ1n) is 18.3. The predicted molar refractivity (Wildman–Crippen MR) is 217 cm³/mol. The van der Waals surface area contributed by atoms with Gasteiger partial charge in [0.2, 0.25) is 0 Å². The number of hydrogen-bond donors (Lipinski definition) is 0. The minimum atomic E-state index is -0.135. The molecule has 1 heterocycles. The van der Waals surface area contributed by atoms with E-state index in [1.54, 1.807) is 0 Å². The molecule has 2 nitrogen and oxygen atoms in total. The molecule has 7 aromatic carbocycles. The Morgan fingerprint density at radius 3 is 1.79 bits per heavy atom. The van der Waals surface area contributed by atoms with Gasteiger partial charge in [0.05, 0.1) is 0 Å². The molecule has 0 radical (unpaired) electrons. The van der Waals surface area contributed by atoms with E-state index in [1.165, 1.54) is 66.6 Å². The van der Waals surface area contributed by atoms with Crippen LogP contribution >= 0.6 is 0 Å². The Kier molecular flexibility index (Phi) is 6.60. The Morgan fingerprint density at radius 1 is 0.423 bits per heavy atom. The van der Waals surface area contributed by atoms with Crippen molar-refractivity contribution in [3.05, 3.63) is 186 Å². The molecule has 0 N–H and O–H groups in total. The van der Waals surface area contributed by atoms with Crippen LogP contribution in [-0.4, -0.2) is 0 Å². The van der Waals surface area contributed by atoms with Crippen molar-refractivity contribution < 1.29 is 4.42 Å². The molecule has 0 saturated carbocycles. The van der Waals surface area contributed by atoms with E-state index in [-0.39, 0.29) is 10.8 Å². The lowest BCUT2D eigenvalue weighted by atomic mass is 9.81. The predicted octanol–water partition coefficient (Wildman–Crippen LogP) is 13.8.